The fourth-order valence-corrected chi connectivity index (χ4v) is 1.57. The lowest BCUT2D eigenvalue weighted by atomic mass is 10.1. The van der Waals surface area contributed by atoms with E-state index in [1.54, 1.807) is 6.07 Å². The summed E-state index contributed by atoms with van der Waals surface area (Å²) in [6, 6.07) is 11.1. The van der Waals surface area contributed by atoms with Gasteiger partial charge in [0, 0.05) is 12.1 Å². The largest absolute Gasteiger partial charge is 0.394 e. The monoisotopic (exact) mass is 261 g/mol. The van der Waals surface area contributed by atoms with Gasteiger partial charge in [-0.15, -0.1) is 0 Å². The van der Waals surface area contributed by atoms with Crippen molar-refractivity contribution in [2.75, 3.05) is 13.2 Å². The molecule has 0 fully saturated rings. The number of aliphatic hydroxyl groups is 2. The molecule has 100 valence electrons. The zero-order chi connectivity index (χ0) is 13.7. The van der Waals surface area contributed by atoms with Crippen LogP contribution in [0, 0.1) is 0 Å². The van der Waals surface area contributed by atoms with Crippen LogP contribution in [0.5, 0.6) is 0 Å². The number of aromatic amines is 1. The maximum Gasteiger partial charge on any atom is 0.269 e. The van der Waals surface area contributed by atoms with E-state index in [2.05, 4.69) is 15.5 Å². The maximum absolute atomic E-state index is 11.7. The van der Waals surface area contributed by atoms with Crippen LogP contribution in [0.3, 0.4) is 0 Å². The first-order chi connectivity index (χ1) is 9.20. The zero-order valence-electron chi connectivity index (χ0n) is 10.2. The lowest BCUT2D eigenvalue weighted by molar-refractivity contribution is 0.0799. The van der Waals surface area contributed by atoms with Gasteiger partial charge in [0.2, 0.25) is 0 Å². The van der Waals surface area contributed by atoms with Gasteiger partial charge in [-0.1, -0.05) is 30.3 Å². The predicted octanol–water partition coefficient (Wildman–Crippen LogP) is 0.160. The van der Waals surface area contributed by atoms with Crippen LogP contribution in [-0.2, 0) is 0 Å². The highest BCUT2D eigenvalue weighted by Gasteiger charge is 2.12. The topological polar surface area (TPSA) is 98.2 Å². The van der Waals surface area contributed by atoms with Crippen LogP contribution in [0.25, 0.3) is 11.3 Å². The summed E-state index contributed by atoms with van der Waals surface area (Å²) in [4.78, 5) is 11.7. The zero-order valence-corrected chi connectivity index (χ0v) is 10.2. The molecule has 0 bridgehead atoms. The second kappa shape index (κ2) is 6.12. The Bertz CT molecular complexity index is 539. The summed E-state index contributed by atoms with van der Waals surface area (Å²) in [6.45, 7) is -0.395. The molecule has 6 heteroatoms. The summed E-state index contributed by atoms with van der Waals surface area (Å²) < 4.78 is 0. The number of H-pyrrole nitrogens is 1. The van der Waals surface area contributed by atoms with Crippen LogP contribution in [-0.4, -0.2) is 45.6 Å². The summed E-state index contributed by atoms with van der Waals surface area (Å²) in [5.74, 6) is -0.373. The molecule has 2 rings (SSSR count). The van der Waals surface area contributed by atoms with Crippen molar-refractivity contribution in [3.05, 3.63) is 42.1 Å². The van der Waals surface area contributed by atoms with Crippen LogP contribution in [0.4, 0.5) is 0 Å². The number of hydrogen-bond acceptors (Lipinski definition) is 4. The minimum absolute atomic E-state index is 0.00494. The maximum atomic E-state index is 11.7. The Balaban J connectivity index is 2.03. The highest BCUT2D eigenvalue weighted by atomic mass is 16.3. The number of amides is 1. The number of carbonyl (C=O) groups excluding carboxylic acids is 1. The van der Waals surface area contributed by atoms with Crippen molar-refractivity contribution in [2.45, 2.75) is 6.10 Å². The van der Waals surface area contributed by atoms with Gasteiger partial charge in [-0.25, -0.2) is 0 Å². The molecule has 6 nitrogen and oxygen atoms in total. The SMILES string of the molecule is O=C(NCC(O)CO)c1cc(-c2ccccc2)n[nH]1. The molecule has 1 atom stereocenters. The molecule has 0 aliphatic carbocycles. The molecule has 0 aliphatic rings. The van der Waals surface area contributed by atoms with E-state index < -0.39 is 12.7 Å². The molecule has 4 N–H and O–H groups in total. The standard InChI is InChI=1S/C13H15N3O3/c17-8-10(18)7-14-13(19)12-6-11(15-16-12)9-4-2-1-3-5-9/h1-6,10,17-18H,7-8H2,(H,14,19)(H,15,16). The lowest BCUT2D eigenvalue weighted by Crippen LogP contribution is -2.34. The molecule has 1 amide bonds. The van der Waals surface area contributed by atoms with Crippen LogP contribution in [0.15, 0.2) is 36.4 Å². The first-order valence-corrected chi connectivity index (χ1v) is 5.88. The van der Waals surface area contributed by atoms with Crippen molar-refractivity contribution in [1.29, 1.82) is 0 Å². The Hall–Kier alpha value is -2.18. The van der Waals surface area contributed by atoms with Gasteiger partial charge in [-0.2, -0.15) is 5.10 Å². The van der Waals surface area contributed by atoms with Gasteiger partial charge < -0.3 is 15.5 Å². The van der Waals surface area contributed by atoms with Gasteiger partial charge in [0.1, 0.15) is 5.69 Å². The summed E-state index contributed by atoms with van der Waals surface area (Å²) in [6.07, 6.45) is -0.958. The number of benzene rings is 1. The summed E-state index contributed by atoms with van der Waals surface area (Å²) in [5.41, 5.74) is 1.89. The van der Waals surface area contributed by atoms with E-state index in [1.807, 2.05) is 30.3 Å². The minimum Gasteiger partial charge on any atom is -0.394 e. The Kier molecular flexibility index (Phi) is 4.27. The quantitative estimate of drug-likeness (QED) is 0.616. The third-order valence-electron chi connectivity index (χ3n) is 2.60. The summed E-state index contributed by atoms with van der Waals surface area (Å²) in [5, 5.41) is 27.0. The van der Waals surface area contributed by atoms with E-state index >= 15 is 0 Å². The van der Waals surface area contributed by atoms with Gasteiger partial charge in [-0.3, -0.25) is 9.89 Å². The second-order valence-electron chi connectivity index (χ2n) is 4.08. The van der Waals surface area contributed by atoms with Gasteiger partial charge in [-0.05, 0) is 6.07 Å². The molecule has 1 heterocycles. The van der Waals surface area contributed by atoms with Crippen LogP contribution in [0.2, 0.25) is 0 Å². The number of rotatable bonds is 5. The minimum atomic E-state index is -0.958. The highest BCUT2D eigenvalue weighted by molar-refractivity contribution is 5.93. The van der Waals surface area contributed by atoms with E-state index in [-0.39, 0.29) is 12.5 Å². The number of nitrogens with one attached hydrogen (secondary N) is 2. The van der Waals surface area contributed by atoms with Gasteiger partial charge in [0.05, 0.1) is 18.4 Å². The Morgan fingerprint density at radius 2 is 2.11 bits per heavy atom. The van der Waals surface area contributed by atoms with Crippen molar-refractivity contribution in [3.63, 3.8) is 0 Å². The molecule has 1 aromatic carbocycles. The predicted molar refractivity (Wildman–Crippen MR) is 69.4 cm³/mol. The molecule has 0 spiro atoms. The third-order valence-corrected chi connectivity index (χ3v) is 2.60. The van der Waals surface area contributed by atoms with Crippen LogP contribution < -0.4 is 5.32 Å². The van der Waals surface area contributed by atoms with Crippen molar-refractivity contribution in [3.8, 4) is 11.3 Å². The second-order valence-corrected chi connectivity index (χ2v) is 4.08. The number of aromatic nitrogens is 2. The van der Waals surface area contributed by atoms with Crippen molar-refractivity contribution in [2.24, 2.45) is 0 Å². The van der Waals surface area contributed by atoms with Crippen molar-refractivity contribution < 1.29 is 15.0 Å². The van der Waals surface area contributed by atoms with Crippen molar-refractivity contribution >= 4 is 5.91 Å². The smallest absolute Gasteiger partial charge is 0.269 e. The van der Waals surface area contributed by atoms with Gasteiger partial charge in [0.25, 0.3) is 5.91 Å². The average molecular weight is 261 g/mol. The highest BCUT2D eigenvalue weighted by Crippen LogP contribution is 2.16. The van der Waals surface area contributed by atoms with E-state index in [0.717, 1.165) is 5.56 Å². The van der Waals surface area contributed by atoms with E-state index in [1.165, 1.54) is 0 Å². The van der Waals surface area contributed by atoms with E-state index in [0.29, 0.717) is 11.4 Å². The third kappa shape index (κ3) is 3.40. The molecule has 0 saturated carbocycles. The van der Waals surface area contributed by atoms with Crippen LogP contribution in [0.1, 0.15) is 10.5 Å². The van der Waals surface area contributed by atoms with E-state index in [9.17, 15) is 4.79 Å². The average Bonchev–Trinajstić information content (AvgIpc) is 2.95. The number of aliphatic hydroxyl groups excluding tert-OH is 2. The van der Waals surface area contributed by atoms with Gasteiger partial charge in [0.15, 0.2) is 0 Å². The molecule has 0 aliphatic heterocycles. The molecule has 1 aromatic heterocycles. The number of carbonyl (C=O) groups is 1. The van der Waals surface area contributed by atoms with E-state index in [4.69, 9.17) is 10.2 Å². The Morgan fingerprint density at radius 3 is 2.79 bits per heavy atom. The summed E-state index contributed by atoms with van der Waals surface area (Å²) >= 11 is 0. The first kappa shape index (κ1) is 13.3. The molecular weight excluding hydrogens is 246 g/mol. The number of nitrogens with zero attached hydrogens (tertiary/aromatic N) is 1. The summed E-state index contributed by atoms with van der Waals surface area (Å²) in [7, 11) is 0. The fourth-order valence-electron chi connectivity index (χ4n) is 1.57. The van der Waals surface area contributed by atoms with Gasteiger partial charge >= 0.3 is 0 Å². The molecule has 1 unspecified atom stereocenters. The normalized spacial score (nSPS) is 12.1. The molecule has 2 aromatic rings. The van der Waals surface area contributed by atoms with Crippen molar-refractivity contribution in [1.82, 2.24) is 15.5 Å². The molecule has 19 heavy (non-hydrogen) atoms. The Morgan fingerprint density at radius 1 is 1.37 bits per heavy atom. The fraction of sp³-hybridized carbons (Fsp3) is 0.231. The molecule has 0 radical (unpaired) electrons. The Labute approximate surface area is 110 Å². The molecular formula is C13H15N3O3. The molecule has 0 saturated heterocycles. The number of hydrogen-bond donors (Lipinski definition) is 4. The lowest BCUT2D eigenvalue weighted by Gasteiger charge is -2.07. The first-order valence-electron chi connectivity index (χ1n) is 5.88. The van der Waals surface area contributed by atoms with Crippen LogP contribution >= 0.6 is 0 Å².